The number of carbonyl (C=O) groups is 8. The number of benzene rings is 1. The van der Waals surface area contributed by atoms with Gasteiger partial charge in [-0.05, 0) is 28.5 Å². The zero-order chi connectivity index (χ0) is 46.4. The van der Waals surface area contributed by atoms with Crippen LogP contribution in [0.15, 0.2) is 39.3 Å². The zero-order valence-corrected chi connectivity index (χ0v) is 38.8. The van der Waals surface area contributed by atoms with Gasteiger partial charge in [-0.15, -0.1) is 0 Å². The zero-order valence-electron chi connectivity index (χ0n) is 37.2. The van der Waals surface area contributed by atoms with E-state index in [0.717, 1.165) is 32.1 Å². The third kappa shape index (κ3) is 21.4. The van der Waals surface area contributed by atoms with Crippen LogP contribution in [0.5, 0.6) is 11.5 Å². The van der Waals surface area contributed by atoms with Gasteiger partial charge in [0, 0.05) is 118 Å². The highest BCUT2D eigenvalue weighted by molar-refractivity contribution is 9.10. The molecule has 0 spiro atoms. The first kappa shape index (κ1) is 55.8. The molecule has 2 aliphatic carbocycles. The molecule has 0 bridgehead atoms. The van der Waals surface area contributed by atoms with E-state index in [1.54, 1.807) is 82.6 Å². The molecule has 18 heteroatoms. The summed E-state index contributed by atoms with van der Waals surface area (Å²) in [4.78, 5) is 92.2. The standard InChI is InChI=1S/C26H29BrO7.5C3H7NO/c1-25(2)8-15(28)23-19(10-25)34-20-11-26(3,4)9-16(29)24(20)22(23)13-6-17(32-5)18(7-14(13)27)33-12-21(30)31;5*1-4(2)3-5/h6-7,22H,8-12H2,1-5H3,(H,30,31);5*3H,1-2H3. The second-order valence-corrected chi connectivity index (χ2v) is 17.0. The molecule has 3 aliphatic rings. The average Bonchev–Trinajstić information content (AvgIpc) is 3.13. The Morgan fingerprint density at radius 1 is 0.678 bits per heavy atom. The molecule has 0 saturated carbocycles. The Kier molecular flexibility index (Phi) is 25.3. The first-order chi connectivity index (χ1) is 27.2. The number of allylic oxidation sites excluding steroid dienone is 4. The normalized spacial score (nSPS) is 15.3. The maximum absolute atomic E-state index is 13.4. The molecule has 0 saturated heterocycles. The summed E-state index contributed by atoms with van der Waals surface area (Å²) in [7, 11) is 18.3. The SMILES string of the molecule is CN(C)C=O.CN(C)C=O.CN(C)C=O.CN(C)C=O.CN(C)C=O.COc1cc(C2C3=C(CC(C)(C)CC3=O)OC3=C2C(=O)CC(C)(C)C3)c(Br)cc1OCC(=O)O. The van der Waals surface area contributed by atoms with E-state index in [9.17, 15) is 38.4 Å². The van der Waals surface area contributed by atoms with Crippen LogP contribution in [-0.4, -0.2) is 163 Å². The predicted octanol–water partition coefficient (Wildman–Crippen LogP) is 3.84. The fraction of sp³-hybridized carbons (Fsp3) is 0.561. The van der Waals surface area contributed by atoms with Gasteiger partial charge in [0.2, 0.25) is 32.1 Å². The molecule has 0 aromatic heterocycles. The number of carboxylic acid groups (broad SMARTS) is 1. The van der Waals surface area contributed by atoms with Crippen molar-refractivity contribution in [2.45, 2.75) is 59.3 Å². The molecule has 0 unspecified atom stereocenters. The molecule has 332 valence electrons. The minimum absolute atomic E-state index is 0.0301. The van der Waals surface area contributed by atoms with E-state index in [4.69, 9.17) is 19.3 Å². The first-order valence-electron chi connectivity index (χ1n) is 18.2. The average molecular weight is 899 g/mol. The number of amides is 5. The molecule has 0 fully saturated rings. The van der Waals surface area contributed by atoms with Crippen LogP contribution in [0.25, 0.3) is 0 Å². The summed E-state index contributed by atoms with van der Waals surface area (Å²) in [5.41, 5.74) is 1.25. The Labute approximate surface area is 357 Å². The number of hydrogen-bond acceptors (Lipinski definition) is 11. The summed E-state index contributed by atoms with van der Waals surface area (Å²) in [6, 6.07) is 3.34. The minimum Gasteiger partial charge on any atom is -0.493 e. The van der Waals surface area contributed by atoms with Gasteiger partial charge in [-0.2, -0.15) is 0 Å². The van der Waals surface area contributed by atoms with Gasteiger partial charge in [0.15, 0.2) is 29.7 Å². The molecule has 1 aromatic rings. The molecular weight excluding hydrogens is 834 g/mol. The molecule has 5 amide bonds. The molecular formula is C41H64BrN5O12. The van der Waals surface area contributed by atoms with E-state index in [2.05, 4.69) is 15.9 Å². The minimum atomic E-state index is -1.11. The number of ketones is 2. The van der Waals surface area contributed by atoms with Gasteiger partial charge in [-0.25, -0.2) is 4.79 Å². The largest absolute Gasteiger partial charge is 0.493 e. The lowest BCUT2D eigenvalue weighted by Gasteiger charge is -2.43. The number of carboxylic acids is 1. The van der Waals surface area contributed by atoms with Crippen LogP contribution in [0, 0.1) is 10.8 Å². The van der Waals surface area contributed by atoms with Crippen LogP contribution in [-0.2, 0) is 43.1 Å². The van der Waals surface area contributed by atoms with Gasteiger partial charge >= 0.3 is 5.97 Å². The first-order valence-corrected chi connectivity index (χ1v) is 19.0. The van der Waals surface area contributed by atoms with Crippen molar-refractivity contribution in [3.63, 3.8) is 0 Å². The van der Waals surface area contributed by atoms with E-state index >= 15 is 0 Å². The van der Waals surface area contributed by atoms with Crippen molar-refractivity contribution in [1.29, 1.82) is 0 Å². The molecule has 0 atom stereocenters. The number of ether oxygens (including phenoxy) is 3. The Balaban J connectivity index is 0. The summed E-state index contributed by atoms with van der Waals surface area (Å²) < 4.78 is 17.8. The van der Waals surface area contributed by atoms with Crippen molar-refractivity contribution in [1.82, 2.24) is 24.5 Å². The summed E-state index contributed by atoms with van der Waals surface area (Å²) in [6.07, 6.45) is 5.68. The highest BCUT2D eigenvalue weighted by atomic mass is 79.9. The highest BCUT2D eigenvalue weighted by Crippen LogP contribution is 2.55. The summed E-state index contributed by atoms with van der Waals surface area (Å²) in [5.74, 6) is 0.0747. The molecule has 59 heavy (non-hydrogen) atoms. The predicted molar refractivity (Wildman–Crippen MR) is 227 cm³/mol. The van der Waals surface area contributed by atoms with Crippen molar-refractivity contribution in [3.8, 4) is 11.5 Å². The maximum atomic E-state index is 13.4. The fourth-order valence-electron chi connectivity index (χ4n) is 5.17. The van der Waals surface area contributed by atoms with Gasteiger partial charge in [-0.3, -0.25) is 33.6 Å². The van der Waals surface area contributed by atoms with Crippen LogP contribution in [0.2, 0.25) is 0 Å². The van der Waals surface area contributed by atoms with Gasteiger partial charge < -0.3 is 43.8 Å². The summed E-state index contributed by atoms with van der Waals surface area (Å²) in [6.45, 7) is 7.65. The topological polar surface area (TPSA) is 201 Å². The number of halogens is 1. The Morgan fingerprint density at radius 2 is 1.00 bits per heavy atom. The molecule has 0 radical (unpaired) electrons. The molecule has 1 N–H and O–H groups in total. The Hall–Kier alpha value is -5.26. The van der Waals surface area contributed by atoms with Gasteiger partial charge in [0.25, 0.3) is 0 Å². The number of Topliss-reactive ketones (excluding diaryl/α,β-unsaturated/α-hetero) is 2. The van der Waals surface area contributed by atoms with E-state index < -0.39 is 18.5 Å². The van der Waals surface area contributed by atoms with Crippen molar-refractivity contribution in [3.05, 3.63) is 44.8 Å². The lowest BCUT2D eigenvalue weighted by Crippen LogP contribution is -2.37. The second kappa shape index (κ2) is 26.7. The quantitative estimate of drug-likeness (QED) is 0.334. The van der Waals surface area contributed by atoms with Crippen LogP contribution in [0.4, 0.5) is 0 Å². The number of hydrogen-bond donors (Lipinski definition) is 1. The number of carbonyl (C=O) groups excluding carboxylic acids is 7. The number of aliphatic carboxylic acids is 1. The van der Waals surface area contributed by atoms with E-state index in [0.29, 0.717) is 64.1 Å². The summed E-state index contributed by atoms with van der Waals surface area (Å²) in [5, 5.41) is 8.99. The smallest absolute Gasteiger partial charge is 0.341 e. The molecule has 1 aromatic carbocycles. The fourth-order valence-corrected chi connectivity index (χ4v) is 5.72. The third-order valence-corrected chi connectivity index (χ3v) is 8.27. The van der Waals surface area contributed by atoms with Crippen molar-refractivity contribution in [2.24, 2.45) is 10.8 Å². The lowest BCUT2D eigenvalue weighted by molar-refractivity contribution is -0.139. The van der Waals surface area contributed by atoms with Crippen LogP contribution in [0.1, 0.15) is 64.9 Å². The Bertz CT molecular complexity index is 1550. The van der Waals surface area contributed by atoms with Gasteiger partial charge in [-0.1, -0.05) is 43.6 Å². The van der Waals surface area contributed by atoms with E-state index in [-0.39, 0.29) is 28.1 Å². The molecule has 17 nitrogen and oxygen atoms in total. The number of methoxy groups -OCH3 is 1. The molecule has 1 aliphatic heterocycles. The van der Waals surface area contributed by atoms with E-state index in [1.807, 2.05) is 27.7 Å². The van der Waals surface area contributed by atoms with Gasteiger partial charge in [0.1, 0.15) is 11.5 Å². The monoisotopic (exact) mass is 897 g/mol. The van der Waals surface area contributed by atoms with Gasteiger partial charge in [0.05, 0.1) is 7.11 Å². The molecule has 1 heterocycles. The number of nitrogens with zero attached hydrogens (tertiary/aromatic N) is 5. The van der Waals surface area contributed by atoms with Crippen LogP contribution < -0.4 is 9.47 Å². The summed E-state index contributed by atoms with van der Waals surface area (Å²) >= 11 is 3.58. The maximum Gasteiger partial charge on any atom is 0.341 e. The highest BCUT2D eigenvalue weighted by Gasteiger charge is 2.48. The third-order valence-electron chi connectivity index (χ3n) is 7.58. The second-order valence-electron chi connectivity index (χ2n) is 16.1. The van der Waals surface area contributed by atoms with E-state index in [1.165, 1.54) is 31.6 Å². The number of rotatable bonds is 10. The van der Waals surface area contributed by atoms with Crippen molar-refractivity contribution >= 4 is 65.5 Å². The van der Waals surface area contributed by atoms with Crippen LogP contribution >= 0.6 is 15.9 Å². The van der Waals surface area contributed by atoms with Crippen molar-refractivity contribution in [2.75, 3.05) is 84.2 Å². The Morgan fingerprint density at radius 3 is 1.27 bits per heavy atom. The van der Waals surface area contributed by atoms with Crippen LogP contribution in [0.3, 0.4) is 0 Å². The molecule has 4 rings (SSSR count). The lowest BCUT2D eigenvalue weighted by atomic mass is 9.65. The van der Waals surface area contributed by atoms with Crippen molar-refractivity contribution < 1.29 is 57.7 Å².